The first kappa shape index (κ1) is 16.3. The van der Waals surface area contributed by atoms with Crippen LogP contribution in [0.5, 0.6) is 0 Å². The molecule has 0 aromatic heterocycles. The third-order valence-electron chi connectivity index (χ3n) is 2.34. The first-order chi connectivity index (χ1) is 9.76. The van der Waals surface area contributed by atoms with Crippen LogP contribution in [0.4, 0.5) is 0 Å². The monoisotopic (exact) mass is 290 g/mol. The second kappa shape index (κ2) is 10.1. The molecular formula is C16H18O3S. The predicted molar refractivity (Wildman–Crippen MR) is 84.0 cm³/mol. The Hall–Kier alpha value is -1.75. The Morgan fingerprint density at radius 1 is 0.750 bits per heavy atom. The Bertz CT molecular complexity index is 476. The van der Waals surface area contributed by atoms with E-state index >= 15 is 0 Å². The van der Waals surface area contributed by atoms with Crippen LogP contribution < -0.4 is 0 Å². The van der Waals surface area contributed by atoms with Crippen molar-refractivity contribution in [3.63, 3.8) is 0 Å². The molecule has 2 aromatic rings. The molecule has 0 aliphatic carbocycles. The number of rotatable bonds is 4. The molecule has 3 nitrogen and oxygen atoms in total. The zero-order valence-corrected chi connectivity index (χ0v) is 12.4. The molecule has 0 bridgehead atoms. The molecule has 0 radical (unpaired) electrons. The standard InChI is InChI=1S/C14H12.C2H6O3S/c1-3-7-13(8-4-1)11-12-14-9-5-2-6-10-14;1-4-6(3)5-2/h1-12H;1-2H3. The van der Waals surface area contributed by atoms with Crippen molar-refractivity contribution in [2.45, 2.75) is 0 Å². The van der Waals surface area contributed by atoms with Crippen LogP contribution in [-0.4, -0.2) is 18.4 Å². The fourth-order valence-corrected chi connectivity index (χ4v) is 1.52. The molecule has 20 heavy (non-hydrogen) atoms. The highest BCUT2D eigenvalue weighted by molar-refractivity contribution is 7.75. The number of benzene rings is 2. The van der Waals surface area contributed by atoms with Crippen molar-refractivity contribution in [1.29, 1.82) is 0 Å². The lowest BCUT2D eigenvalue weighted by Gasteiger charge is -1.92. The minimum atomic E-state index is -1.53. The van der Waals surface area contributed by atoms with E-state index in [0.717, 1.165) is 0 Å². The van der Waals surface area contributed by atoms with Crippen LogP contribution in [0, 0.1) is 0 Å². The average molecular weight is 290 g/mol. The number of hydrogen-bond acceptors (Lipinski definition) is 3. The van der Waals surface area contributed by atoms with Crippen molar-refractivity contribution in [2.75, 3.05) is 14.2 Å². The molecule has 0 saturated carbocycles. The van der Waals surface area contributed by atoms with Gasteiger partial charge in [0.25, 0.3) is 0 Å². The second-order valence-corrected chi connectivity index (χ2v) is 4.77. The van der Waals surface area contributed by atoms with Crippen molar-refractivity contribution in [2.24, 2.45) is 0 Å². The number of hydrogen-bond donors (Lipinski definition) is 0. The van der Waals surface area contributed by atoms with Gasteiger partial charge >= 0.3 is 11.4 Å². The molecule has 0 amide bonds. The van der Waals surface area contributed by atoms with Crippen LogP contribution in [0.3, 0.4) is 0 Å². The first-order valence-electron chi connectivity index (χ1n) is 6.05. The van der Waals surface area contributed by atoms with E-state index in [2.05, 4.69) is 44.8 Å². The van der Waals surface area contributed by atoms with Crippen LogP contribution in [0.1, 0.15) is 11.1 Å². The highest BCUT2D eigenvalue weighted by Crippen LogP contribution is 2.06. The van der Waals surface area contributed by atoms with Crippen molar-refractivity contribution in [3.8, 4) is 0 Å². The molecule has 106 valence electrons. The van der Waals surface area contributed by atoms with Crippen LogP contribution in [0.25, 0.3) is 12.2 Å². The van der Waals surface area contributed by atoms with Crippen molar-refractivity contribution in [1.82, 2.24) is 0 Å². The van der Waals surface area contributed by atoms with Crippen molar-refractivity contribution in [3.05, 3.63) is 71.8 Å². The summed E-state index contributed by atoms with van der Waals surface area (Å²) in [5.74, 6) is 0. The van der Waals surface area contributed by atoms with E-state index in [9.17, 15) is 4.21 Å². The summed E-state index contributed by atoms with van der Waals surface area (Å²) < 4.78 is 18.1. The Labute approximate surface area is 122 Å². The van der Waals surface area contributed by atoms with Crippen LogP contribution in [-0.2, 0) is 19.7 Å². The van der Waals surface area contributed by atoms with E-state index in [1.54, 1.807) is 0 Å². The van der Waals surface area contributed by atoms with Gasteiger partial charge < -0.3 is 0 Å². The average Bonchev–Trinajstić information content (AvgIpc) is 2.54. The topological polar surface area (TPSA) is 35.5 Å². The Morgan fingerprint density at radius 3 is 1.35 bits per heavy atom. The summed E-state index contributed by atoms with van der Waals surface area (Å²) in [6, 6.07) is 20.6. The summed E-state index contributed by atoms with van der Waals surface area (Å²) in [6.07, 6.45) is 4.24. The van der Waals surface area contributed by atoms with Gasteiger partial charge in [-0.1, -0.05) is 72.8 Å². The third kappa shape index (κ3) is 6.99. The lowest BCUT2D eigenvalue weighted by molar-refractivity contribution is 0.334. The molecule has 0 N–H and O–H groups in total. The molecule has 0 heterocycles. The molecule has 4 heteroatoms. The SMILES string of the molecule is C(=Cc1ccccc1)c1ccccc1.COS(=O)OC. The summed E-state index contributed by atoms with van der Waals surface area (Å²) in [5.41, 5.74) is 2.47. The molecule has 0 fully saturated rings. The Morgan fingerprint density at radius 2 is 1.10 bits per heavy atom. The maximum absolute atomic E-state index is 9.85. The van der Waals surface area contributed by atoms with Gasteiger partial charge in [0, 0.05) is 0 Å². The summed E-state index contributed by atoms with van der Waals surface area (Å²) in [5, 5.41) is 0. The minimum Gasteiger partial charge on any atom is -0.272 e. The first-order valence-corrected chi connectivity index (χ1v) is 7.05. The van der Waals surface area contributed by atoms with Crippen LogP contribution >= 0.6 is 0 Å². The molecule has 0 saturated heterocycles. The van der Waals surface area contributed by atoms with Gasteiger partial charge in [-0.3, -0.25) is 8.37 Å². The van der Waals surface area contributed by atoms with Gasteiger partial charge in [-0.05, 0) is 11.1 Å². The normalized spacial score (nSPS) is 10.3. The lowest BCUT2D eigenvalue weighted by atomic mass is 10.1. The van der Waals surface area contributed by atoms with Gasteiger partial charge in [-0.25, -0.2) is 0 Å². The molecule has 0 atom stereocenters. The van der Waals surface area contributed by atoms with Crippen molar-refractivity contribution >= 4 is 23.5 Å². The minimum absolute atomic E-state index is 1.23. The van der Waals surface area contributed by atoms with Gasteiger partial charge in [0.2, 0.25) is 0 Å². The maximum atomic E-state index is 9.85. The lowest BCUT2D eigenvalue weighted by Crippen LogP contribution is -1.91. The van der Waals surface area contributed by atoms with Gasteiger partial charge in [-0.15, -0.1) is 0 Å². The molecule has 2 rings (SSSR count). The highest BCUT2D eigenvalue weighted by atomic mass is 32.2. The third-order valence-corrected chi connectivity index (χ3v) is 2.88. The summed E-state index contributed by atoms with van der Waals surface area (Å²) in [6.45, 7) is 0. The van der Waals surface area contributed by atoms with E-state index in [4.69, 9.17) is 0 Å². The predicted octanol–water partition coefficient (Wildman–Crippen LogP) is 3.71. The summed E-state index contributed by atoms with van der Waals surface area (Å²) in [4.78, 5) is 0. The fraction of sp³-hybridized carbons (Fsp3) is 0.125. The molecule has 0 unspecified atom stereocenters. The zero-order valence-electron chi connectivity index (χ0n) is 11.6. The van der Waals surface area contributed by atoms with Crippen molar-refractivity contribution < 1.29 is 12.6 Å². The molecule has 0 aliphatic rings. The van der Waals surface area contributed by atoms with E-state index in [1.807, 2.05) is 36.4 Å². The van der Waals surface area contributed by atoms with E-state index < -0.39 is 11.4 Å². The Balaban J connectivity index is 0.000000286. The van der Waals surface area contributed by atoms with Gasteiger partial charge in [-0.2, -0.15) is 4.21 Å². The molecule has 2 aromatic carbocycles. The summed E-state index contributed by atoms with van der Waals surface area (Å²) >= 11 is -1.53. The zero-order chi connectivity index (χ0) is 14.6. The largest absolute Gasteiger partial charge is 0.304 e. The fourth-order valence-electron chi connectivity index (χ4n) is 1.39. The van der Waals surface area contributed by atoms with E-state index in [0.29, 0.717) is 0 Å². The van der Waals surface area contributed by atoms with Gasteiger partial charge in [0.1, 0.15) is 0 Å². The van der Waals surface area contributed by atoms with Crippen LogP contribution in [0.15, 0.2) is 60.7 Å². The summed E-state index contributed by atoms with van der Waals surface area (Å²) in [7, 11) is 2.61. The molecule has 0 spiro atoms. The molecule has 0 aliphatic heterocycles. The quantitative estimate of drug-likeness (QED) is 0.805. The smallest absolute Gasteiger partial charge is 0.272 e. The Kier molecular flexibility index (Phi) is 8.22. The van der Waals surface area contributed by atoms with Crippen LogP contribution in [0.2, 0.25) is 0 Å². The van der Waals surface area contributed by atoms with E-state index in [1.165, 1.54) is 25.3 Å². The molecular weight excluding hydrogens is 272 g/mol. The second-order valence-electron chi connectivity index (χ2n) is 3.69. The van der Waals surface area contributed by atoms with E-state index in [-0.39, 0.29) is 0 Å². The highest BCUT2D eigenvalue weighted by Gasteiger charge is 1.85. The van der Waals surface area contributed by atoms with Gasteiger partial charge in [0.15, 0.2) is 0 Å². The van der Waals surface area contributed by atoms with Gasteiger partial charge in [0.05, 0.1) is 14.2 Å². The maximum Gasteiger partial charge on any atom is 0.304 e.